The van der Waals surface area contributed by atoms with E-state index in [1.807, 2.05) is 0 Å². The van der Waals surface area contributed by atoms with Crippen LogP contribution in [0.1, 0.15) is 27.1 Å². The minimum atomic E-state index is -0.226. The number of hydrogen-bond donors (Lipinski definition) is 2. The van der Waals surface area contributed by atoms with Gasteiger partial charge in [-0.3, -0.25) is 14.5 Å². The molecule has 1 unspecified atom stereocenters. The molecule has 0 bridgehead atoms. The smallest absolute Gasteiger partial charge is 0.261 e. The Morgan fingerprint density at radius 3 is 2.33 bits per heavy atom. The van der Waals surface area contributed by atoms with E-state index < -0.39 is 0 Å². The molecule has 3 rings (SSSR count). The number of fused-ring (bicyclic) bond motifs is 1. The van der Waals surface area contributed by atoms with Crippen molar-refractivity contribution in [2.75, 3.05) is 13.1 Å². The van der Waals surface area contributed by atoms with E-state index in [9.17, 15) is 9.59 Å². The largest absolute Gasteiger partial charge is 0.308 e. The Morgan fingerprint density at radius 1 is 1.22 bits per heavy atom. The number of imide groups is 1. The van der Waals surface area contributed by atoms with Gasteiger partial charge in [0.2, 0.25) is 0 Å². The maximum absolute atomic E-state index is 12.1. The highest BCUT2D eigenvalue weighted by Crippen LogP contribution is 2.23. The van der Waals surface area contributed by atoms with Crippen molar-refractivity contribution in [3.63, 3.8) is 0 Å². The van der Waals surface area contributed by atoms with Crippen LogP contribution >= 0.6 is 0 Å². The summed E-state index contributed by atoms with van der Waals surface area (Å²) in [6.45, 7) is 0.891. The lowest BCUT2D eigenvalue weighted by Crippen LogP contribution is -2.40. The van der Waals surface area contributed by atoms with E-state index in [1.165, 1.54) is 4.90 Å². The lowest BCUT2D eigenvalue weighted by molar-refractivity contribution is 0.0642. The summed E-state index contributed by atoms with van der Waals surface area (Å²) in [4.78, 5) is 25.5. The first kappa shape index (κ1) is 11.1. The molecule has 0 saturated carbocycles. The van der Waals surface area contributed by atoms with Gasteiger partial charge in [-0.05, 0) is 12.1 Å². The van der Waals surface area contributed by atoms with E-state index in [2.05, 4.69) is 5.32 Å². The molecule has 0 aromatic heterocycles. The van der Waals surface area contributed by atoms with Gasteiger partial charge in [0.25, 0.3) is 11.8 Å². The third-order valence-electron chi connectivity index (χ3n) is 3.38. The monoisotopic (exact) mass is 243 g/mol. The second-order valence-corrected chi connectivity index (χ2v) is 4.65. The molecule has 0 aliphatic carbocycles. The Balaban J connectivity index is 1.82. The summed E-state index contributed by atoms with van der Waals surface area (Å²) >= 11 is 0. The van der Waals surface area contributed by atoms with Gasteiger partial charge < -0.3 is 10.7 Å². The van der Waals surface area contributed by atoms with Crippen LogP contribution in [0.15, 0.2) is 24.3 Å². The van der Waals surface area contributed by atoms with Crippen LogP contribution in [0.5, 0.6) is 0 Å². The van der Waals surface area contributed by atoms with Gasteiger partial charge in [-0.15, -0.1) is 0 Å². The van der Waals surface area contributed by atoms with Gasteiger partial charge in [-0.2, -0.15) is 0 Å². The van der Waals surface area contributed by atoms with E-state index in [0.717, 1.165) is 0 Å². The van der Waals surface area contributed by atoms with Crippen LogP contribution in [-0.2, 0) is 0 Å². The maximum Gasteiger partial charge on any atom is 0.261 e. The predicted molar refractivity (Wildman–Crippen MR) is 65.9 cm³/mol. The summed E-state index contributed by atoms with van der Waals surface area (Å²) < 4.78 is 0. The van der Waals surface area contributed by atoms with Crippen LogP contribution in [0.2, 0.25) is 0 Å². The topological polar surface area (TPSA) is 73.3 Å². The van der Waals surface area contributed by atoms with Gasteiger partial charge in [0.05, 0.1) is 11.1 Å². The predicted octanol–water partition coefficient (Wildman–Crippen LogP) is 0.664. The van der Waals surface area contributed by atoms with Gasteiger partial charge in [0.1, 0.15) is 0 Å². The zero-order valence-electron chi connectivity index (χ0n) is 9.77. The number of hydrogen-bond acceptors (Lipinski definition) is 4. The standard InChI is InChI=1S/C13H13N3O2/c14-8-5-9(15-6-8)7-16-12(17)10-3-1-2-4-11(10)13(16)18/h1-4,9,14-15H,5-7H2. The lowest BCUT2D eigenvalue weighted by Gasteiger charge is -2.18. The highest BCUT2D eigenvalue weighted by Gasteiger charge is 2.37. The summed E-state index contributed by atoms with van der Waals surface area (Å²) in [5, 5.41) is 10.7. The third-order valence-corrected chi connectivity index (χ3v) is 3.38. The highest BCUT2D eigenvalue weighted by molar-refractivity contribution is 6.21. The van der Waals surface area contributed by atoms with Gasteiger partial charge in [0, 0.05) is 31.3 Å². The fourth-order valence-electron chi connectivity index (χ4n) is 2.46. The van der Waals surface area contributed by atoms with E-state index in [4.69, 9.17) is 5.41 Å². The molecule has 1 atom stereocenters. The van der Waals surface area contributed by atoms with Crippen molar-refractivity contribution >= 4 is 17.5 Å². The average Bonchev–Trinajstić information content (AvgIpc) is 2.88. The van der Waals surface area contributed by atoms with Crippen LogP contribution in [0.4, 0.5) is 0 Å². The molecule has 1 saturated heterocycles. The zero-order chi connectivity index (χ0) is 12.7. The third kappa shape index (κ3) is 1.64. The molecule has 0 spiro atoms. The Hall–Kier alpha value is -2.01. The highest BCUT2D eigenvalue weighted by atomic mass is 16.2. The van der Waals surface area contributed by atoms with E-state index in [-0.39, 0.29) is 17.9 Å². The van der Waals surface area contributed by atoms with Gasteiger partial charge >= 0.3 is 0 Å². The lowest BCUT2D eigenvalue weighted by atomic mass is 10.1. The molecule has 1 aromatic rings. The fraction of sp³-hybridized carbons (Fsp3) is 0.308. The molecule has 2 N–H and O–H groups in total. The molecule has 2 aliphatic heterocycles. The number of rotatable bonds is 2. The average molecular weight is 243 g/mol. The van der Waals surface area contributed by atoms with E-state index in [1.54, 1.807) is 24.3 Å². The second-order valence-electron chi connectivity index (χ2n) is 4.65. The Kier molecular flexibility index (Phi) is 2.48. The van der Waals surface area contributed by atoms with Crippen LogP contribution in [-0.4, -0.2) is 41.6 Å². The Bertz CT molecular complexity index is 518. The Morgan fingerprint density at radius 2 is 1.83 bits per heavy atom. The van der Waals surface area contributed by atoms with Crippen molar-refractivity contribution in [2.24, 2.45) is 0 Å². The first-order valence-electron chi connectivity index (χ1n) is 5.91. The Labute approximate surface area is 104 Å². The molecule has 1 fully saturated rings. The molecule has 5 heteroatoms. The maximum atomic E-state index is 12.1. The number of nitrogens with one attached hydrogen (secondary N) is 2. The van der Waals surface area contributed by atoms with Crippen LogP contribution in [0.3, 0.4) is 0 Å². The van der Waals surface area contributed by atoms with Crippen LogP contribution < -0.4 is 5.32 Å². The molecular weight excluding hydrogens is 230 g/mol. The summed E-state index contributed by atoms with van der Waals surface area (Å²) in [7, 11) is 0. The van der Waals surface area contributed by atoms with Gasteiger partial charge in [-0.1, -0.05) is 12.1 Å². The second kappa shape index (κ2) is 4.03. The van der Waals surface area contributed by atoms with Gasteiger partial charge in [0.15, 0.2) is 0 Å². The van der Waals surface area contributed by atoms with Crippen molar-refractivity contribution in [2.45, 2.75) is 12.5 Å². The van der Waals surface area contributed by atoms with E-state index >= 15 is 0 Å². The number of carbonyl (C=O) groups is 2. The van der Waals surface area contributed by atoms with Crippen molar-refractivity contribution in [3.8, 4) is 0 Å². The minimum absolute atomic E-state index is 0.0136. The molecule has 2 aliphatic rings. The minimum Gasteiger partial charge on any atom is -0.308 e. The first-order valence-corrected chi connectivity index (χ1v) is 5.91. The van der Waals surface area contributed by atoms with Crippen molar-refractivity contribution < 1.29 is 9.59 Å². The summed E-state index contributed by atoms with van der Waals surface area (Å²) in [6, 6.07) is 6.90. The van der Waals surface area contributed by atoms with Crippen LogP contribution in [0.25, 0.3) is 0 Å². The molecule has 18 heavy (non-hydrogen) atoms. The quantitative estimate of drug-likeness (QED) is 0.749. The number of benzene rings is 1. The zero-order valence-corrected chi connectivity index (χ0v) is 9.77. The van der Waals surface area contributed by atoms with E-state index in [0.29, 0.717) is 36.3 Å². The molecule has 0 radical (unpaired) electrons. The fourth-order valence-corrected chi connectivity index (χ4v) is 2.46. The first-order chi connectivity index (χ1) is 8.66. The summed E-state index contributed by atoms with van der Waals surface area (Å²) in [5.41, 5.74) is 1.59. The van der Waals surface area contributed by atoms with Crippen molar-refractivity contribution in [3.05, 3.63) is 35.4 Å². The SMILES string of the molecule is N=C1CNC(CN2C(=O)c3ccccc3C2=O)C1. The van der Waals surface area contributed by atoms with Crippen LogP contribution in [0, 0.1) is 5.41 Å². The molecular formula is C13H13N3O2. The molecule has 5 nitrogen and oxygen atoms in total. The molecule has 92 valence electrons. The summed E-state index contributed by atoms with van der Waals surface area (Å²) in [5.74, 6) is -0.452. The summed E-state index contributed by atoms with van der Waals surface area (Å²) in [6.07, 6.45) is 0.605. The number of nitrogens with zero attached hydrogens (tertiary/aromatic N) is 1. The molecule has 1 aromatic carbocycles. The molecule has 2 amide bonds. The number of amides is 2. The van der Waals surface area contributed by atoms with Gasteiger partial charge in [-0.25, -0.2) is 0 Å². The molecule has 2 heterocycles. The van der Waals surface area contributed by atoms with Crippen molar-refractivity contribution in [1.82, 2.24) is 10.2 Å². The number of carbonyl (C=O) groups excluding carboxylic acids is 2. The van der Waals surface area contributed by atoms with Crippen molar-refractivity contribution in [1.29, 1.82) is 5.41 Å². The normalized spacial score (nSPS) is 22.8.